The van der Waals surface area contributed by atoms with E-state index in [1.165, 1.54) is 12.8 Å². The first-order valence-corrected chi connectivity index (χ1v) is 5.73. The molecule has 0 amide bonds. The van der Waals surface area contributed by atoms with Crippen LogP contribution in [0.1, 0.15) is 24.2 Å². The van der Waals surface area contributed by atoms with Gasteiger partial charge in [0.1, 0.15) is 0 Å². The number of halogens is 2. The molecule has 0 atom stereocenters. The molecule has 0 saturated heterocycles. The van der Waals surface area contributed by atoms with Gasteiger partial charge in [0.25, 0.3) is 0 Å². The van der Waals surface area contributed by atoms with Crippen LogP contribution in [0.4, 0.5) is 0 Å². The van der Waals surface area contributed by atoms with E-state index < -0.39 is 0 Å². The number of hydrogen-bond acceptors (Lipinski definition) is 1. The van der Waals surface area contributed by atoms with Crippen molar-refractivity contribution in [2.75, 3.05) is 5.88 Å². The van der Waals surface area contributed by atoms with Crippen LogP contribution in [0.2, 0.25) is 5.02 Å². The van der Waals surface area contributed by atoms with Gasteiger partial charge in [0, 0.05) is 12.9 Å². The number of nitrogens with zero attached hydrogens (tertiary/aromatic N) is 2. The average Bonchev–Trinajstić information content (AvgIpc) is 2.88. The summed E-state index contributed by atoms with van der Waals surface area (Å²) in [7, 11) is 1.94. The third-order valence-electron chi connectivity index (χ3n) is 3.04. The van der Waals surface area contributed by atoms with E-state index in [9.17, 15) is 0 Å². The molecule has 1 aliphatic rings. The zero-order valence-electron chi connectivity index (χ0n) is 8.48. The molecule has 1 fully saturated rings. The van der Waals surface area contributed by atoms with Gasteiger partial charge >= 0.3 is 0 Å². The van der Waals surface area contributed by atoms with Crippen LogP contribution in [0.15, 0.2) is 0 Å². The molecule has 2 rings (SSSR count). The second-order valence-electron chi connectivity index (χ2n) is 4.28. The van der Waals surface area contributed by atoms with E-state index in [1.54, 1.807) is 0 Å². The zero-order chi connectivity index (χ0) is 10.3. The molecule has 2 nitrogen and oxygen atoms in total. The Morgan fingerprint density at radius 3 is 2.50 bits per heavy atom. The van der Waals surface area contributed by atoms with Gasteiger partial charge in [0.05, 0.1) is 16.4 Å². The molecule has 0 radical (unpaired) electrons. The second-order valence-corrected chi connectivity index (χ2v) is 4.93. The summed E-state index contributed by atoms with van der Waals surface area (Å²) in [5, 5.41) is 5.11. The topological polar surface area (TPSA) is 17.8 Å². The fraction of sp³-hybridized carbons (Fsp3) is 0.700. The molecule has 0 spiro atoms. The van der Waals surface area contributed by atoms with Gasteiger partial charge in [-0.25, -0.2) is 0 Å². The highest BCUT2D eigenvalue weighted by Crippen LogP contribution is 2.50. The van der Waals surface area contributed by atoms with Crippen LogP contribution in [-0.2, 0) is 13.5 Å². The fourth-order valence-electron chi connectivity index (χ4n) is 1.76. The van der Waals surface area contributed by atoms with Crippen molar-refractivity contribution >= 4 is 23.2 Å². The molecule has 4 heteroatoms. The van der Waals surface area contributed by atoms with Gasteiger partial charge in [0.15, 0.2) is 0 Å². The standard InChI is InChI=1S/C10H14Cl2N2/c1-7-9(12)8(14(2)13-7)5-10(6-11)3-4-10/h3-6H2,1-2H3. The van der Waals surface area contributed by atoms with Crippen molar-refractivity contribution in [1.82, 2.24) is 9.78 Å². The Hall–Kier alpha value is -0.210. The second kappa shape index (κ2) is 3.42. The number of aryl methyl sites for hydroxylation is 2. The van der Waals surface area contributed by atoms with Crippen molar-refractivity contribution in [2.45, 2.75) is 26.2 Å². The van der Waals surface area contributed by atoms with Crippen molar-refractivity contribution in [2.24, 2.45) is 12.5 Å². The molecule has 1 heterocycles. The summed E-state index contributed by atoms with van der Waals surface area (Å²) < 4.78 is 1.88. The maximum Gasteiger partial charge on any atom is 0.0847 e. The lowest BCUT2D eigenvalue weighted by Gasteiger charge is -2.11. The largest absolute Gasteiger partial charge is 0.271 e. The van der Waals surface area contributed by atoms with Gasteiger partial charge in [-0.3, -0.25) is 4.68 Å². The van der Waals surface area contributed by atoms with Gasteiger partial charge in [-0.05, 0) is 31.6 Å². The third-order valence-corrected chi connectivity index (χ3v) is 4.10. The SMILES string of the molecule is Cc1nn(C)c(CC2(CCl)CC2)c1Cl. The highest BCUT2D eigenvalue weighted by atomic mass is 35.5. The molecule has 78 valence electrons. The van der Waals surface area contributed by atoms with E-state index in [4.69, 9.17) is 23.2 Å². The zero-order valence-corrected chi connectivity index (χ0v) is 9.99. The Bertz CT molecular complexity index is 353. The Morgan fingerprint density at radius 1 is 1.50 bits per heavy atom. The highest BCUT2D eigenvalue weighted by molar-refractivity contribution is 6.31. The van der Waals surface area contributed by atoms with Crippen LogP contribution in [0, 0.1) is 12.3 Å². The predicted octanol–water partition coefficient (Wildman–Crippen LogP) is 2.94. The highest BCUT2D eigenvalue weighted by Gasteiger charge is 2.42. The Balaban J connectivity index is 2.24. The van der Waals surface area contributed by atoms with Crippen LogP contribution < -0.4 is 0 Å². The van der Waals surface area contributed by atoms with Crippen LogP contribution in [0.5, 0.6) is 0 Å². The van der Waals surface area contributed by atoms with Crippen molar-refractivity contribution in [3.63, 3.8) is 0 Å². The molecule has 1 aromatic rings. The Kier molecular flexibility index (Phi) is 2.52. The summed E-state index contributed by atoms with van der Waals surface area (Å²) in [5.74, 6) is 0.730. The molecule has 1 aliphatic carbocycles. The van der Waals surface area contributed by atoms with Crippen molar-refractivity contribution in [3.05, 3.63) is 16.4 Å². The van der Waals surface area contributed by atoms with Crippen molar-refractivity contribution in [3.8, 4) is 0 Å². The first-order valence-electron chi connectivity index (χ1n) is 4.82. The molecule has 0 unspecified atom stereocenters. The molecule has 0 aromatic carbocycles. The van der Waals surface area contributed by atoms with Gasteiger partial charge in [-0.1, -0.05) is 11.6 Å². The van der Waals surface area contributed by atoms with Crippen molar-refractivity contribution in [1.29, 1.82) is 0 Å². The summed E-state index contributed by atoms with van der Waals surface area (Å²) in [4.78, 5) is 0. The first-order chi connectivity index (χ1) is 6.58. The number of hydrogen-bond donors (Lipinski definition) is 0. The Labute approximate surface area is 94.2 Å². The van der Waals surface area contributed by atoms with Gasteiger partial charge in [-0.2, -0.15) is 5.10 Å². The van der Waals surface area contributed by atoms with Crippen LogP contribution in [0.25, 0.3) is 0 Å². The number of rotatable bonds is 3. The molecule has 0 aliphatic heterocycles. The molecule has 0 N–H and O–H groups in total. The van der Waals surface area contributed by atoms with Crippen LogP contribution in [0.3, 0.4) is 0 Å². The molecule has 0 bridgehead atoms. The summed E-state index contributed by atoms with van der Waals surface area (Å²) >= 11 is 12.1. The summed E-state index contributed by atoms with van der Waals surface area (Å²) in [6.07, 6.45) is 3.40. The predicted molar refractivity (Wildman–Crippen MR) is 59.0 cm³/mol. The minimum atomic E-state index is 0.311. The fourth-order valence-corrected chi connectivity index (χ4v) is 2.35. The lowest BCUT2D eigenvalue weighted by molar-refractivity contribution is 0.543. The maximum atomic E-state index is 6.18. The summed E-state index contributed by atoms with van der Waals surface area (Å²) in [6.45, 7) is 1.94. The summed E-state index contributed by atoms with van der Waals surface area (Å²) in [5.41, 5.74) is 2.35. The first kappa shape index (κ1) is 10.3. The minimum absolute atomic E-state index is 0.311. The van der Waals surface area contributed by atoms with E-state index in [2.05, 4.69) is 5.10 Å². The third kappa shape index (κ3) is 1.66. The Morgan fingerprint density at radius 2 is 2.14 bits per heavy atom. The quantitative estimate of drug-likeness (QED) is 0.734. The number of alkyl halides is 1. The van der Waals surface area contributed by atoms with Gasteiger partial charge < -0.3 is 0 Å². The van der Waals surface area contributed by atoms with E-state index >= 15 is 0 Å². The van der Waals surface area contributed by atoms with Crippen LogP contribution in [-0.4, -0.2) is 15.7 Å². The smallest absolute Gasteiger partial charge is 0.0847 e. The summed E-state index contributed by atoms with van der Waals surface area (Å²) in [6, 6.07) is 0. The molecule has 1 aromatic heterocycles. The minimum Gasteiger partial charge on any atom is -0.271 e. The molecular weight excluding hydrogens is 219 g/mol. The lowest BCUT2D eigenvalue weighted by Crippen LogP contribution is -2.10. The monoisotopic (exact) mass is 232 g/mol. The lowest BCUT2D eigenvalue weighted by atomic mass is 10.0. The molecule has 14 heavy (non-hydrogen) atoms. The van der Waals surface area contributed by atoms with E-state index in [1.807, 2.05) is 18.7 Å². The molecular formula is C10H14Cl2N2. The van der Waals surface area contributed by atoms with Crippen LogP contribution >= 0.6 is 23.2 Å². The van der Waals surface area contributed by atoms with Gasteiger partial charge in [-0.15, -0.1) is 11.6 Å². The average molecular weight is 233 g/mol. The maximum absolute atomic E-state index is 6.18. The van der Waals surface area contributed by atoms with Crippen molar-refractivity contribution < 1.29 is 0 Å². The van der Waals surface area contributed by atoms with Gasteiger partial charge in [0.2, 0.25) is 0 Å². The number of aromatic nitrogens is 2. The van der Waals surface area contributed by atoms with E-state index in [0.29, 0.717) is 5.41 Å². The molecule has 1 saturated carbocycles. The normalized spacial score (nSPS) is 18.6. The van der Waals surface area contributed by atoms with E-state index in [0.717, 1.165) is 28.7 Å². The van der Waals surface area contributed by atoms with E-state index in [-0.39, 0.29) is 0 Å².